The van der Waals surface area contributed by atoms with Crippen molar-refractivity contribution in [2.75, 3.05) is 18.5 Å². The molecule has 2 aromatic rings. The van der Waals surface area contributed by atoms with Gasteiger partial charge < -0.3 is 10.1 Å². The molecule has 0 radical (unpaired) electrons. The predicted molar refractivity (Wildman–Crippen MR) is 73.1 cm³/mol. The van der Waals surface area contributed by atoms with Crippen molar-refractivity contribution >= 4 is 17.5 Å². The van der Waals surface area contributed by atoms with Crippen LogP contribution in [0.4, 0.5) is 11.5 Å². The summed E-state index contributed by atoms with van der Waals surface area (Å²) in [6.45, 7) is 1.72. The van der Waals surface area contributed by atoms with Gasteiger partial charge in [-0.25, -0.2) is 9.97 Å². The Morgan fingerprint density at radius 2 is 2.33 bits per heavy atom. The van der Waals surface area contributed by atoms with E-state index in [2.05, 4.69) is 15.3 Å². The molecule has 110 valence electrons. The summed E-state index contributed by atoms with van der Waals surface area (Å²) in [5.41, 5.74) is -0.219. The quantitative estimate of drug-likeness (QED) is 0.482. The van der Waals surface area contributed by atoms with Crippen molar-refractivity contribution in [2.45, 2.75) is 6.92 Å². The van der Waals surface area contributed by atoms with Crippen LogP contribution in [0.5, 0.6) is 0 Å². The summed E-state index contributed by atoms with van der Waals surface area (Å²) in [5.74, 6) is -0.0645. The second-order valence-electron chi connectivity index (χ2n) is 3.92. The average Bonchev–Trinajstić information content (AvgIpc) is 2.99. The van der Waals surface area contributed by atoms with Gasteiger partial charge in [0.15, 0.2) is 0 Å². The minimum absolute atomic E-state index is 0.000692. The molecule has 0 bridgehead atoms. The maximum absolute atomic E-state index is 11.3. The number of rotatable bonds is 6. The van der Waals surface area contributed by atoms with Gasteiger partial charge in [-0.05, 0) is 13.0 Å². The highest BCUT2D eigenvalue weighted by Gasteiger charge is 2.17. The molecule has 9 heteroatoms. The number of hydrogen-bond acceptors (Lipinski definition) is 7. The molecule has 0 aliphatic carbocycles. The van der Waals surface area contributed by atoms with Gasteiger partial charge in [-0.15, -0.1) is 0 Å². The van der Waals surface area contributed by atoms with Crippen molar-refractivity contribution in [3.63, 3.8) is 0 Å². The van der Waals surface area contributed by atoms with E-state index in [1.165, 1.54) is 18.5 Å². The molecule has 0 saturated carbocycles. The molecule has 9 nitrogen and oxygen atoms in total. The number of nitrogens with zero attached hydrogens (tertiary/aromatic N) is 4. The summed E-state index contributed by atoms with van der Waals surface area (Å²) in [7, 11) is 0. The molecule has 0 atom stereocenters. The highest BCUT2D eigenvalue weighted by Crippen LogP contribution is 2.23. The Labute approximate surface area is 119 Å². The van der Waals surface area contributed by atoms with E-state index < -0.39 is 10.9 Å². The van der Waals surface area contributed by atoms with E-state index in [0.717, 1.165) is 0 Å². The zero-order valence-corrected chi connectivity index (χ0v) is 11.2. The van der Waals surface area contributed by atoms with Gasteiger partial charge >= 0.3 is 11.7 Å². The smallest absolute Gasteiger partial charge is 0.325 e. The standard InChI is InChI=1S/C12H13N5O4/c1-2-21-11(18)7-14-12-9(17(19)20)3-4-10(15-12)16-6-5-13-8-16/h3-6,8H,2,7H2,1H3,(H,14,15). The van der Waals surface area contributed by atoms with Crippen molar-refractivity contribution in [3.05, 3.63) is 41.0 Å². The van der Waals surface area contributed by atoms with E-state index in [1.54, 1.807) is 23.9 Å². The number of carbonyl (C=O) groups is 1. The van der Waals surface area contributed by atoms with Gasteiger partial charge in [-0.2, -0.15) is 0 Å². The Morgan fingerprint density at radius 3 is 2.95 bits per heavy atom. The summed E-state index contributed by atoms with van der Waals surface area (Å²) >= 11 is 0. The Morgan fingerprint density at radius 1 is 1.52 bits per heavy atom. The van der Waals surface area contributed by atoms with Crippen LogP contribution in [0.1, 0.15) is 6.92 Å². The Balaban J connectivity index is 2.25. The minimum atomic E-state index is -0.571. The number of aromatic nitrogens is 3. The third kappa shape index (κ3) is 3.53. The number of hydrogen-bond donors (Lipinski definition) is 1. The second kappa shape index (κ2) is 6.46. The molecule has 2 heterocycles. The van der Waals surface area contributed by atoms with Crippen LogP contribution in [0, 0.1) is 10.1 Å². The van der Waals surface area contributed by atoms with Gasteiger partial charge in [0, 0.05) is 18.5 Å². The monoisotopic (exact) mass is 291 g/mol. The average molecular weight is 291 g/mol. The number of anilines is 1. The lowest BCUT2D eigenvalue weighted by Crippen LogP contribution is -2.18. The summed E-state index contributed by atoms with van der Waals surface area (Å²) in [6, 6.07) is 2.81. The lowest BCUT2D eigenvalue weighted by Gasteiger charge is -2.08. The van der Waals surface area contributed by atoms with Crippen LogP contribution in [0.25, 0.3) is 5.82 Å². The molecule has 0 aliphatic rings. The minimum Gasteiger partial charge on any atom is -0.465 e. The number of nitro groups is 1. The number of pyridine rings is 1. The number of esters is 1. The first-order valence-electron chi connectivity index (χ1n) is 6.15. The largest absolute Gasteiger partial charge is 0.465 e. The lowest BCUT2D eigenvalue weighted by atomic mass is 10.3. The normalized spacial score (nSPS) is 10.1. The van der Waals surface area contributed by atoms with Crippen LogP contribution in [0.3, 0.4) is 0 Å². The molecule has 1 N–H and O–H groups in total. The first kappa shape index (κ1) is 14.4. The van der Waals surface area contributed by atoms with E-state index in [-0.39, 0.29) is 24.7 Å². The second-order valence-corrected chi connectivity index (χ2v) is 3.92. The molecule has 0 aromatic carbocycles. The van der Waals surface area contributed by atoms with Crippen LogP contribution in [-0.2, 0) is 9.53 Å². The summed E-state index contributed by atoms with van der Waals surface area (Å²) in [5, 5.41) is 13.6. The van der Waals surface area contributed by atoms with Gasteiger partial charge in [0.1, 0.15) is 18.7 Å². The molecule has 0 unspecified atom stereocenters. The van der Waals surface area contributed by atoms with Gasteiger partial charge in [0.2, 0.25) is 5.82 Å². The SMILES string of the molecule is CCOC(=O)CNc1nc(-n2ccnc2)ccc1[N+](=O)[O-]. The van der Waals surface area contributed by atoms with Crippen LogP contribution in [0.2, 0.25) is 0 Å². The number of ether oxygens (including phenoxy) is 1. The number of imidazole rings is 1. The third-order valence-electron chi connectivity index (χ3n) is 2.53. The fourth-order valence-corrected chi connectivity index (χ4v) is 1.63. The molecule has 0 amide bonds. The molecule has 0 spiro atoms. The maximum Gasteiger partial charge on any atom is 0.325 e. The van der Waals surface area contributed by atoms with Crippen molar-refractivity contribution < 1.29 is 14.5 Å². The molecule has 2 aromatic heterocycles. The van der Waals surface area contributed by atoms with E-state index in [0.29, 0.717) is 5.82 Å². The molecule has 0 saturated heterocycles. The lowest BCUT2D eigenvalue weighted by molar-refractivity contribution is -0.384. The summed E-state index contributed by atoms with van der Waals surface area (Å²) in [4.78, 5) is 29.7. The first-order chi connectivity index (χ1) is 10.1. The summed E-state index contributed by atoms with van der Waals surface area (Å²) < 4.78 is 6.35. The molecule has 0 fully saturated rings. The fraction of sp³-hybridized carbons (Fsp3) is 0.250. The highest BCUT2D eigenvalue weighted by atomic mass is 16.6. The maximum atomic E-state index is 11.3. The molecule has 21 heavy (non-hydrogen) atoms. The van der Waals surface area contributed by atoms with Gasteiger partial charge in [0.05, 0.1) is 11.5 Å². The Hall–Kier alpha value is -2.97. The van der Waals surface area contributed by atoms with Crippen LogP contribution < -0.4 is 5.32 Å². The summed E-state index contributed by atoms with van der Waals surface area (Å²) in [6.07, 6.45) is 4.74. The van der Waals surface area contributed by atoms with E-state index in [9.17, 15) is 14.9 Å². The van der Waals surface area contributed by atoms with Gasteiger partial charge in [0.25, 0.3) is 0 Å². The van der Waals surface area contributed by atoms with Crippen molar-refractivity contribution in [1.82, 2.24) is 14.5 Å². The van der Waals surface area contributed by atoms with E-state index in [1.807, 2.05) is 0 Å². The first-order valence-corrected chi connectivity index (χ1v) is 6.15. The Bertz CT molecular complexity index is 641. The topological polar surface area (TPSA) is 112 Å². The van der Waals surface area contributed by atoms with Gasteiger partial charge in [-0.3, -0.25) is 19.5 Å². The third-order valence-corrected chi connectivity index (χ3v) is 2.53. The van der Waals surface area contributed by atoms with Crippen LogP contribution >= 0.6 is 0 Å². The number of nitrogens with one attached hydrogen (secondary N) is 1. The highest BCUT2D eigenvalue weighted by molar-refractivity contribution is 5.75. The van der Waals surface area contributed by atoms with Gasteiger partial charge in [-0.1, -0.05) is 0 Å². The van der Waals surface area contributed by atoms with E-state index >= 15 is 0 Å². The van der Waals surface area contributed by atoms with Crippen LogP contribution in [0.15, 0.2) is 30.9 Å². The number of carbonyl (C=O) groups excluding carboxylic acids is 1. The zero-order chi connectivity index (χ0) is 15.2. The molecular formula is C12H13N5O4. The molecule has 2 rings (SSSR count). The fourth-order valence-electron chi connectivity index (χ4n) is 1.63. The van der Waals surface area contributed by atoms with E-state index in [4.69, 9.17) is 4.74 Å². The zero-order valence-electron chi connectivity index (χ0n) is 11.2. The molecular weight excluding hydrogens is 278 g/mol. The Kier molecular flexibility index (Phi) is 4.44. The van der Waals surface area contributed by atoms with Crippen LogP contribution in [-0.4, -0.2) is 38.6 Å². The predicted octanol–water partition coefficient (Wildman–Crippen LogP) is 1.15. The van der Waals surface area contributed by atoms with Crippen molar-refractivity contribution in [3.8, 4) is 5.82 Å². The molecule has 0 aliphatic heterocycles. The van der Waals surface area contributed by atoms with Crippen molar-refractivity contribution in [1.29, 1.82) is 0 Å². The van der Waals surface area contributed by atoms with Crippen molar-refractivity contribution in [2.24, 2.45) is 0 Å².